The van der Waals surface area contributed by atoms with Gasteiger partial charge in [-0.05, 0) is 27.7 Å². The molecule has 15 heavy (non-hydrogen) atoms. The van der Waals surface area contributed by atoms with Crippen LogP contribution in [0.4, 0.5) is 0 Å². The molecule has 0 aromatic heterocycles. The van der Waals surface area contributed by atoms with E-state index < -0.39 is 7.60 Å². The fourth-order valence-electron chi connectivity index (χ4n) is 0.915. The first-order chi connectivity index (χ1) is 6.69. The van der Waals surface area contributed by atoms with Crippen molar-refractivity contribution in [2.24, 2.45) is 0 Å². The molecule has 0 heterocycles. The smallest absolute Gasteiger partial charge is 0.362 e. The highest BCUT2D eigenvalue weighted by Gasteiger charge is 2.34. The maximum Gasteiger partial charge on any atom is 0.388 e. The molecule has 0 unspecified atom stereocenters. The zero-order valence-corrected chi connectivity index (χ0v) is 11.9. The molecular formula is C9H20NO3PS. The second-order valence-corrected chi connectivity index (χ2v) is 6.51. The molecule has 0 amide bonds. The van der Waals surface area contributed by atoms with Crippen LogP contribution in [0.2, 0.25) is 0 Å². The van der Waals surface area contributed by atoms with Gasteiger partial charge in [0.15, 0.2) is 4.73 Å². The summed E-state index contributed by atoms with van der Waals surface area (Å²) in [6, 6.07) is 0. The number of hydrogen-bond acceptors (Lipinski definition) is 4. The third kappa shape index (κ3) is 5.07. The summed E-state index contributed by atoms with van der Waals surface area (Å²) in [5.74, 6) is 0. The van der Waals surface area contributed by atoms with E-state index in [1.165, 1.54) is 0 Å². The van der Waals surface area contributed by atoms with Gasteiger partial charge >= 0.3 is 7.60 Å². The van der Waals surface area contributed by atoms with Crippen molar-refractivity contribution in [2.75, 3.05) is 14.1 Å². The SMILES string of the molecule is CC(C)OP(=O)(OC(C)C)C(=S)N(C)C. The van der Waals surface area contributed by atoms with Crippen molar-refractivity contribution in [2.45, 2.75) is 39.9 Å². The lowest BCUT2D eigenvalue weighted by molar-refractivity contribution is 0.151. The molecule has 0 aliphatic heterocycles. The molecule has 0 rings (SSSR count). The first-order valence-corrected chi connectivity index (χ1v) is 6.83. The average Bonchev–Trinajstić information content (AvgIpc) is 1.99. The largest absolute Gasteiger partial charge is 0.388 e. The highest BCUT2D eigenvalue weighted by Crippen LogP contribution is 2.52. The summed E-state index contributed by atoms with van der Waals surface area (Å²) in [5, 5.41) is 0. The minimum absolute atomic E-state index is 0.188. The lowest BCUT2D eigenvalue weighted by Crippen LogP contribution is -2.24. The van der Waals surface area contributed by atoms with Crippen LogP contribution in [0.3, 0.4) is 0 Å². The maximum atomic E-state index is 12.3. The van der Waals surface area contributed by atoms with Gasteiger partial charge in [-0.25, -0.2) is 0 Å². The Hall–Kier alpha value is 0.0400. The minimum Gasteiger partial charge on any atom is -0.362 e. The van der Waals surface area contributed by atoms with Gasteiger partial charge in [-0.15, -0.1) is 0 Å². The summed E-state index contributed by atoms with van der Waals surface area (Å²) in [6.45, 7) is 7.20. The highest BCUT2D eigenvalue weighted by molar-refractivity contribution is 7.97. The lowest BCUT2D eigenvalue weighted by atomic mass is 10.5. The predicted molar refractivity (Wildman–Crippen MR) is 66.3 cm³/mol. The molecule has 0 saturated heterocycles. The van der Waals surface area contributed by atoms with Crippen LogP contribution in [0.1, 0.15) is 27.7 Å². The fraction of sp³-hybridized carbons (Fsp3) is 0.889. The van der Waals surface area contributed by atoms with E-state index >= 15 is 0 Å². The molecule has 90 valence electrons. The Bertz CT molecular complexity index is 252. The standard InChI is InChI=1S/C9H20NO3PS/c1-7(2)12-14(11,13-8(3)4)9(15)10(5)6/h7-8H,1-6H3. The Morgan fingerprint density at radius 3 is 1.67 bits per heavy atom. The summed E-state index contributed by atoms with van der Waals surface area (Å²) in [6.07, 6.45) is -0.375. The van der Waals surface area contributed by atoms with E-state index in [1.54, 1.807) is 46.7 Å². The van der Waals surface area contributed by atoms with Crippen molar-refractivity contribution in [1.82, 2.24) is 4.90 Å². The topological polar surface area (TPSA) is 38.8 Å². The Kier molecular flexibility index (Phi) is 5.96. The summed E-state index contributed by atoms with van der Waals surface area (Å²) in [5.41, 5.74) is 0. The molecule has 0 aliphatic carbocycles. The molecule has 0 N–H and O–H groups in total. The van der Waals surface area contributed by atoms with E-state index in [0.29, 0.717) is 0 Å². The third-order valence-electron chi connectivity index (χ3n) is 1.32. The summed E-state index contributed by atoms with van der Waals surface area (Å²) in [4.78, 5) is 1.58. The number of nitrogens with zero attached hydrogens (tertiary/aromatic N) is 1. The van der Waals surface area contributed by atoms with Gasteiger partial charge in [-0.3, -0.25) is 4.57 Å². The van der Waals surface area contributed by atoms with Gasteiger partial charge < -0.3 is 13.9 Å². The summed E-state index contributed by atoms with van der Waals surface area (Å²) >= 11 is 5.06. The normalized spacial score (nSPS) is 12.3. The quantitative estimate of drug-likeness (QED) is 0.556. The Labute approximate surface area is 97.5 Å². The van der Waals surface area contributed by atoms with Gasteiger partial charge in [0.2, 0.25) is 0 Å². The minimum atomic E-state index is -3.32. The molecular weight excluding hydrogens is 233 g/mol. The van der Waals surface area contributed by atoms with Crippen LogP contribution in [0, 0.1) is 0 Å². The van der Waals surface area contributed by atoms with Crippen molar-refractivity contribution < 1.29 is 13.6 Å². The van der Waals surface area contributed by atoms with Gasteiger partial charge in [0, 0.05) is 14.1 Å². The molecule has 0 bridgehead atoms. The third-order valence-corrected chi connectivity index (χ3v) is 4.62. The molecule has 4 nitrogen and oxygen atoms in total. The number of rotatable bonds is 5. The zero-order valence-electron chi connectivity index (χ0n) is 10.2. The van der Waals surface area contributed by atoms with Gasteiger partial charge in [-0.1, -0.05) is 12.2 Å². The highest BCUT2D eigenvalue weighted by atomic mass is 32.1. The molecule has 0 radical (unpaired) electrons. The van der Waals surface area contributed by atoms with E-state index in [-0.39, 0.29) is 16.9 Å². The van der Waals surface area contributed by atoms with E-state index in [4.69, 9.17) is 21.3 Å². The number of hydrogen-bond donors (Lipinski definition) is 0. The molecule has 6 heteroatoms. The van der Waals surface area contributed by atoms with E-state index in [1.807, 2.05) is 0 Å². The molecule has 0 fully saturated rings. The zero-order chi connectivity index (χ0) is 12.2. The van der Waals surface area contributed by atoms with Crippen molar-refractivity contribution in [3.05, 3.63) is 0 Å². The number of thiocarbonyl (C=S) groups is 1. The molecule has 0 aromatic carbocycles. The van der Waals surface area contributed by atoms with Gasteiger partial charge in [0.05, 0.1) is 12.2 Å². The van der Waals surface area contributed by atoms with E-state index in [0.717, 1.165) is 0 Å². The molecule has 0 aliphatic rings. The van der Waals surface area contributed by atoms with Crippen LogP contribution in [-0.4, -0.2) is 35.9 Å². The Balaban J connectivity index is 4.85. The van der Waals surface area contributed by atoms with Crippen LogP contribution in [0.25, 0.3) is 0 Å². The summed E-state index contributed by atoms with van der Waals surface area (Å²) < 4.78 is 23.2. The predicted octanol–water partition coefficient (Wildman–Crippen LogP) is 2.88. The van der Waals surface area contributed by atoms with Gasteiger partial charge in [0.1, 0.15) is 0 Å². The first-order valence-electron chi connectivity index (χ1n) is 4.87. The van der Waals surface area contributed by atoms with E-state index in [2.05, 4.69) is 0 Å². The van der Waals surface area contributed by atoms with Crippen molar-refractivity contribution in [3.63, 3.8) is 0 Å². The van der Waals surface area contributed by atoms with Crippen molar-refractivity contribution in [1.29, 1.82) is 0 Å². The van der Waals surface area contributed by atoms with Crippen LogP contribution < -0.4 is 0 Å². The molecule has 0 spiro atoms. The second-order valence-electron chi connectivity index (χ2n) is 3.98. The molecule has 0 aromatic rings. The monoisotopic (exact) mass is 253 g/mol. The lowest BCUT2D eigenvalue weighted by Gasteiger charge is -2.26. The second kappa shape index (κ2) is 5.94. The Morgan fingerprint density at radius 2 is 1.47 bits per heavy atom. The van der Waals surface area contributed by atoms with Crippen LogP contribution in [0.15, 0.2) is 0 Å². The first kappa shape index (κ1) is 15.0. The van der Waals surface area contributed by atoms with Crippen LogP contribution >= 0.6 is 19.8 Å². The maximum absolute atomic E-state index is 12.3. The van der Waals surface area contributed by atoms with Crippen LogP contribution in [0.5, 0.6) is 0 Å². The van der Waals surface area contributed by atoms with Crippen molar-refractivity contribution >= 4 is 24.5 Å². The van der Waals surface area contributed by atoms with Gasteiger partial charge in [0.25, 0.3) is 0 Å². The van der Waals surface area contributed by atoms with Crippen molar-refractivity contribution in [3.8, 4) is 0 Å². The Morgan fingerprint density at radius 1 is 1.13 bits per heavy atom. The van der Waals surface area contributed by atoms with Crippen LogP contribution in [-0.2, 0) is 13.6 Å². The molecule has 0 saturated carbocycles. The van der Waals surface area contributed by atoms with E-state index in [9.17, 15) is 4.57 Å². The average molecular weight is 253 g/mol. The summed E-state index contributed by atoms with van der Waals surface area (Å²) in [7, 11) is 0.128. The molecule has 0 atom stereocenters. The fourth-order valence-corrected chi connectivity index (χ4v) is 3.00. The van der Waals surface area contributed by atoms with Gasteiger partial charge in [-0.2, -0.15) is 0 Å².